The Morgan fingerprint density at radius 2 is 2.04 bits per heavy atom. The molecule has 0 bridgehead atoms. The number of hydrogen-bond acceptors (Lipinski definition) is 6. The van der Waals surface area contributed by atoms with E-state index >= 15 is 0 Å². The third-order valence-corrected chi connectivity index (χ3v) is 4.42. The van der Waals surface area contributed by atoms with Crippen LogP contribution in [0.25, 0.3) is 0 Å². The van der Waals surface area contributed by atoms with Crippen LogP contribution in [0.3, 0.4) is 0 Å². The summed E-state index contributed by atoms with van der Waals surface area (Å²) < 4.78 is 5.17. The molecule has 0 atom stereocenters. The average Bonchev–Trinajstić information content (AvgIpc) is 3.31. The second-order valence-corrected chi connectivity index (χ2v) is 6.21. The van der Waals surface area contributed by atoms with E-state index in [1.54, 1.807) is 42.7 Å². The smallest absolute Gasteiger partial charge is 0.286 e. The van der Waals surface area contributed by atoms with Gasteiger partial charge in [-0.1, -0.05) is 24.3 Å². The summed E-state index contributed by atoms with van der Waals surface area (Å²) in [7, 11) is 0. The average molecular weight is 356 g/mol. The van der Waals surface area contributed by atoms with Crippen LogP contribution in [0.1, 0.15) is 37.9 Å². The molecule has 0 fully saturated rings. The summed E-state index contributed by atoms with van der Waals surface area (Å²) in [5.41, 5.74) is 0.958. The molecule has 0 unspecified atom stereocenters. The van der Waals surface area contributed by atoms with E-state index in [0.29, 0.717) is 28.6 Å². The van der Waals surface area contributed by atoms with Crippen LogP contribution in [0.15, 0.2) is 47.1 Å². The number of aromatic nitrogens is 2. The highest BCUT2D eigenvalue weighted by atomic mass is 32.1. The van der Waals surface area contributed by atoms with Crippen LogP contribution < -0.4 is 10.6 Å². The fourth-order valence-electron chi connectivity index (χ4n) is 2.09. The molecule has 2 amide bonds. The Kier molecular flexibility index (Phi) is 5.20. The summed E-state index contributed by atoms with van der Waals surface area (Å²) in [6.45, 7) is 2.25. The molecule has 1 aromatic carbocycles. The molecule has 25 heavy (non-hydrogen) atoms. The molecule has 2 heterocycles. The number of amides is 2. The van der Waals surface area contributed by atoms with E-state index in [4.69, 9.17) is 4.42 Å². The Bertz CT molecular complexity index is 874. The van der Waals surface area contributed by atoms with Crippen molar-refractivity contribution in [3.63, 3.8) is 0 Å². The van der Waals surface area contributed by atoms with E-state index in [1.807, 2.05) is 6.92 Å². The minimum Gasteiger partial charge on any atom is -0.467 e. The normalized spacial score (nSPS) is 10.4. The molecule has 0 saturated heterocycles. The van der Waals surface area contributed by atoms with Gasteiger partial charge in [0.1, 0.15) is 10.8 Å². The molecule has 128 valence electrons. The maximum absolute atomic E-state index is 12.2. The number of carbonyl (C=O) groups excluding carboxylic acids is 2. The molecule has 8 heteroatoms. The molecule has 0 saturated carbocycles. The van der Waals surface area contributed by atoms with E-state index in [1.165, 1.54) is 11.3 Å². The van der Waals surface area contributed by atoms with Gasteiger partial charge in [-0.3, -0.25) is 9.59 Å². The van der Waals surface area contributed by atoms with Crippen molar-refractivity contribution >= 4 is 28.8 Å². The van der Waals surface area contributed by atoms with E-state index in [0.717, 1.165) is 11.4 Å². The van der Waals surface area contributed by atoms with E-state index < -0.39 is 0 Å². The lowest BCUT2D eigenvalue weighted by molar-refractivity contribution is 0.0946. The van der Waals surface area contributed by atoms with Crippen LogP contribution in [0.5, 0.6) is 0 Å². The zero-order chi connectivity index (χ0) is 17.6. The number of aryl methyl sites for hydroxylation is 1. The molecule has 3 aromatic rings. The Morgan fingerprint density at radius 3 is 2.76 bits per heavy atom. The lowest BCUT2D eigenvalue weighted by Crippen LogP contribution is -2.22. The van der Waals surface area contributed by atoms with Gasteiger partial charge < -0.3 is 15.1 Å². The van der Waals surface area contributed by atoms with Gasteiger partial charge >= 0.3 is 0 Å². The lowest BCUT2D eigenvalue weighted by Gasteiger charge is -2.07. The van der Waals surface area contributed by atoms with Gasteiger partial charge in [0.2, 0.25) is 5.01 Å². The van der Waals surface area contributed by atoms with Crippen LogP contribution in [0.4, 0.5) is 5.69 Å². The van der Waals surface area contributed by atoms with Crippen molar-refractivity contribution in [2.45, 2.75) is 19.9 Å². The Labute approximate surface area is 148 Å². The maximum atomic E-state index is 12.2. The fraction of sp³-hybridized carbons (Fsp3) is 0.176. The van der Waals surface area contributed by atoms with Crippen LogP contribution in [0, 0.1) is 0 Å². The summed E-state index contributed by atoms with van der Waals surface area (Å²) >= 11 is 1.25. The van der Waals surface area contributed by atoms with Crippen LogP contribution >= 0.6 is 11.3 Å². The van der Waals surface area contributed by atoms with Gasteiger partial charge in [0.15, 0.2) is 0 Å². The van der Waals surface area contributed by atoms with Gasteiger partial charge in [-0.25, -0.2) is 0 Å². The highest BCUT2D eigenvalue weighted by Crippen LogP contribution is 2.15. The minimum atomic E-state index is -0.342. The molecule has 2 aromatic heterocycles. The molecule has 0 aliphatic rings. The van der Waals surface area contributed by atoms with E-state index in [-0.39, 0.29) is 11.8 Å². The molecule has 3 rings (SSSR count). The predicted molar refractivity (Wildman–Crippen MR) is 93.6 cm³/mol. The van der Waals surface area contributed by atoms with Crippen LogP contribution in [0.2, 0.25) is 0 Å². The molecular weight excluding hydrogens is 340 g/mol. The zero-order valence-electron chi connectivity index (χ0n) is 13.5. The Morgan fingerprint density at radius 1 is 1.16 bits per heavy atom. The summed E-state index contributed by atoms with van der Waals surface area (Å²) in [6.07, 6.45) is 2.28. The third kappa shape index (κ3) is 4.30. The number of rotatable bonds is 6. The van der Waals surface area contributed by atoms with Gasteiger partial charge in [0, 0.05) is 11.3 Å². The van der Waals surface area contributed by atoms with Crippen molar-refractivity contribution in [3.05, 3.63) is 64.0 Å². The highest BCUT2D eigenvalue weighted by Gasteiger charge is 2.13. The van der Waals surface area contributed by atoms with E-state index in [2.05, 4.69) is 20.8 Å². The summed E-state index contributed by atoms with van der Waals surface area (Å²) in [5.74, 6) is 0.0721. The fourth-order valence-corrected chi connectivity index (χ4v) is 2.77. The van der Waals surface area contributed by atoms with Gasteiger partial charge in [0.25, 0.3) is 11.8 Å². The number of carbonyl (C=O) groups is 2. The molecule has 2 N–H and O–H groups in total. The molecular formula is C17H16N4O3S. The van der Waals surface area contributed by atoms with Crippen molar-refractivity contribution in [3.8, 4) is 0 Å². The first-order valence-corrected chi connectivity index (χ1v) is 8.51. The lowest BCUT2D eigenvalue weighted by atomic mass is 10.2. The van der Waals surface area contributed by atoms with Gasteiger partial charge in [-0.2, -0.15) is 0 Å². The van der Waals surface area contributed by atoms with Crippen molar-refractivity contribution < 1.29 is 14.0 Å². The number of nitrogens with zero attached hydrogens (tertiary/aromatic N) is 2. The summed E-state index contributed by atoms with van der Waals surface area (Å²) in [4.78, 5) is 24.4. The van der Waals surface area contributed by atoms with Crippen molar-refractivity contribution in [1.29, 1.82) is 0 Å². The minimum absolute atomic E-state index is 0.253. The topological polar surface area (TPSA) is 97.1 Å². The number of furan rings is 1. The second kappa shape index (κ2) is 7.71. The summed E-state index contributed by atoms with van der Waals surface area (Å²) in [6, 6.07) is 10.2. The zero-order valence-corrected chi connectivity index (χ0v) is 14.3. The number of hydrogen-bond donors (Lipinski definition) is 2. The first-order valence-electron chi connectivity index (χ1n) is 7.70. The summed E-state index contributed by atoms with van der Waals surface area (Å²) in [5, 5.41) is 14.4. The van der Waals surface area contributed by atoms with Crippen molar-refractivity contribution in [2.75, 3.05) is 5.32 Å². The molecule has 0 spiro atoms. The Balaban J connectivity index is 1.64. The maximum Gasteiger partial charge on any atom is 0.286 e. The largest absolute Gasteiger partial charge is 0.467 e. The molecule has 0 aliphatic carbocycles. The predicted octanol–water partition coefficient (Wildman–Crippen LogP) is 2.88. The first-order chi connectivity index (χ1) is 12.2. The SMILES string of the molecule is CCc1nnc(C(=O)Nc2cccc(C(=O)NCc3ccco3)c2)s1. The van der Waals surface area contributed by atoms with Crippen LogP contribution in [-0.2, 0) is 13.0 Å². The number of benzene rings is 1. The number of nitrogens with one attached hydrogen (secondary N) is 2. The first kappa shape index (κ1) is 16.8. The highest BCUT2D eigenvalue weighted by molar-refractivity contribution is 7.13. The second-order valence-electron chi connectivity index (χ2n) is 5.15. The molecule has 0 radical (unpaired) electrons. The van der Waals surface area contributed by atoms with Crippen molar-refractivity contribution in [1.82, 2.24) is 15.5 Å². The molecule has 7 nitrogen and oxygen atoms in total. The van der Waals surface area contributed by atoms with Gasteiger partial charge in [-0.05, 0) is 36.8 Å². The third-order valence-electron chi connectivity index (χ3n) is 3.35. The van der Waals surface area contributed by atoms with Gasteiger partial charge in [-0.15, -0.1) is 10.2 Å². The van der Waals surface area contributed by atoms with Crippen LogP contribution in [-0.4, -0.2) is 22.0 Å². The number of anilines is 1. The van der Waals surface area contributed by atoms with Gasteiger partial charge in [0.05, 0.1) is 12.8 Å². The monoisotopic (exact) mass is 356 g/mol. The standard InChI is InChI=1S/C17H16N4O3S/c1-2-14-20-21-17(25-14)16(23)19-12-6-3-5-11(9-12)15(22)18-10-13-7-4-8-24-13/h3-9H,2,10H2,1H3,(H,18,22)(H,19,23). The molecule has 0 aliphatic heterocycles. The van der Waals surface area contributed by atoms with Crippen molar-refractivity contribution in [2.24, 2.45) is 0 Å². The van der Waals surface area contributed by atoms with E-state index in [9.17, 15) is 9.59 Å². The Hall–Kier alpha value is -3.00. The quantitative estimate of drug-likeness (QED) is 0.708.